The number of fused-ring (bicyclic) bond motifs is 1. The number of anilines is 1. The molecule has 1 aromatic carbocycles. The molecule has 1 atom stereocenters. The number of nitrogens with zero attached hydrogens (tertiary/aromatic N) is 3. The van der Waals surface area contributed by atoms with Gasteiger partial charge in [-0.15, -0.1) is 11.3 Å². The molecule has 6 nitrogen and oxygen atoms in total. The van der Waals surface area contributed by atoms with Gasteiger partial charge in [0.05, 0.1) is 12.2 Å². The van der Waals surface area contributed by atoms with Crippen LogP contribution in [0.1, 0.15) is 23.6 Å². The van der Waals surface area contributed by atoms with E-state index in [1.54, 1.807) is 11.3 Å². The highest BCUT2D eigenvalue weighted by molar-refractivity contribution is 7.19. The van der Waals surface area contributed by atoms with Crippen LogP contribution >= 0.6 is 11.3 Å². The van der Waals surface area contributed by atoms with E-state index < -0.39 is 6.10 Å². The Hall–Kier alpha value is -2.64. The second-order valence-electron chi connectivity index (χ2n) is 6.66. The van der Waals surface area contributed by atoms with Crippen LogP contribution in [-0.4, -0.2) is 43.2 Å². The summed E-state index contributed by atoms with van der Waals surface area (Å²) in [5.74, 6) is 1.57. The number of aromatic nitrogens is 1. The van der Waals surface area contributed by atoms with Crippen molar-refractivity contribution in [2.24, 2.45) is 4.99 Å². The summed E-state index contributed by atoms with van der Waals surface area (Å²) in [5.41, 5.74) is 0.897. The third-order valence-electron chi connectivity index (χ3n) is 4.23. The number of guanidine groups is 1. The number of aliphatic imine (C=N–C) groups is 1. The fraction of sp³-hybridized carbons (Fsp3) is 0.333. The van der Waals surface area contributed by atoms with E-state index in [-0.39, 0.29) is 0 Å². The summed E-state index contributed by atoms with van der Waals surface area (Å²) in [7, 11) is 3.94. The molecule has 0 aliphatic heterocycles. The van der Waals surface area contributed by atoms with Crippen molar-refractivity contribution in [1.29, 1.82) is 0 Å². The lowest BCUT2D eigenvalue weighted by Crippen LogP contribution is -2.39. The molecule has 0 aliphatic carbocycles. The molecule has 2 aromatic heterocycles. The molecular weight excluding hydrogens is 370 g/mol. The van der Waals surface area contributed by atoms with E-state index in [4.69, 9.17) is 0 Å². The smallest absolute Gasteiger partial charge is 0.191 e. The molecule has 2 heterocycles. The molecule has 7 heteroatoms. The molecule has 0 saturated heterocycles. The lowest BCUT2D eigenvalue weighted by Gasteiger charge is -2.15. The van der Waals surface area contributed by atoms with Gasteiger partial charge >= 0.3 is 0 Å². The third kappa shape index (κ3) is 5.21. The second-order valence-corrected chi connectivity index (χ2v) is 7.78. The van der Waals surface area contributed by atoms with Crippen LogP contribution in [0, 0.1) is 0 Å². The zero-order valence-electron chi connectivity index (χ0n) is 16.5. The first-order chi connectivity index (χ1) is 13.6. The van der Waals surface area contributed by atoms with Gasteiger partial charge in [0.25, 0.3) is 0 Å². The number of hydrogen-bond donors (Lipinski definition) is 3. The van der Waals surface area contributed by atoms with Crippen LogP contribution in [0.2, 0.25) is 0 Å². The van der Waals surface area contributed by atoms with Crippen LogP contribution < -0.4 is 15.5 Å². The number of hydrogen-bond acceptors (Lipinski definition) is 5. The van der Waals surface area contributed by atoms with Crippen molar-refractivity contribution >= 4 is 33.2 Å². The Morgan fingerprint density at radius 3 is 2.75 bits per heavy atom. The average molecular weight is 398 g/mol. The molecule has 0 radical (unpaired) electrons. The summed E-state index contributed by atoms with van der Waals surface area (Å²) in [6.45, 7) is 3.63. The highest BCUT2D eigenvalue weighted by atomic mass is 32.1. The van der Waals surface area contributed by atoms with Crippen molar-refractivity contribution in [3.05, 3.63) is 59.1 Å². The Balaban J connectivity index is 1.63. The number of nitrogens with one attached hydrogen (secondary N) is 2. The summed E-state index contributed by atoms with van der Waals surface area (Å²) >= 11 is 1.62. The van der Waals surface area contributed by atoms with Crippen LogP contribution in [-0.2, 0) is 6.54 Å². The zero-order valence-corrected chi connectivity index (χ0v) is 17.3. The van der Waals surface area contributed by atoms with Crippen molar-refractivity contribution in [3.63, 3.8) is 0 Å². The first-order valence-corrected chi connectivity index (χ1v) is 10.2. The maximum absolute atomic E-state index is 10.6. The van der Waals surface area contributed by atoms with Gasteiger partial charge in [-0.25, -0.2) is 9.98 Å². The van der Waals surface area contributed by atoms with E-state index in [0.717, 1.165) is 28.3 Å². The van der Waals surface area contributed by atoms with E-state index in [2.05, 4.69) is 32.7 Å². The monoisotopic (exact) mass is 397 g/mol. The average Bonchev–Trinajstić information content (AvgIpc) is 3.14. The highest BCUT2D eigenvalue weighted by Gasteiger charge is 2.12. The minimum absolute atomic E-state index is 0.393. The Labute approximate surface area is 169 Å². The summed E-state index contributed by atoms with van der Waals surface area (Å²) in [5, 5.41) is 18.2. The van der Waals surface area contributed by atoms with Crippen molar-refractivity contribution < 1.29 is 5.11 Å². The molecule has 0 bridgehead atoms. The normalized spacial score (nSPS) is 12.8. The quantitative estimate of drug-likeness (QED) is 0.422. The van der Waals surface area contributed by atoms with Crippen LogP contribution in [0.15, 0.2) is 53.5 Å². The summed E-state index contributed by atoms with van der Waals surface area (Å²) in [6.07, 6.45) is -0.587. The lowest BCUT2D eigenvalue weighted by atomic mass is 10.2. The fourth-order valence-electron chi connectivity index (χ4n) is 2.77. The van der Waals surface area contributed by atoms with Crippen molar-refractivity contribution in [1.82, 2.24) is 15.6 Å². The van der Waals surface area contributed by atoms with Gasteiger partial charge in [-0.05, 0) is 36.6 Å². The maximum atomic E-state index is 10.6. The van der Waals surface area contributed by atoms with Gasteiger partial charge < -0.3 is 20.6 Å². The van der Waals surface area contributed by atoms with E-state index >= 15 is 0 Å². The van der Waals surface area contributed by atoms with Crippen molar-refractivity contribution in [3.8, 4) is 0 Å². The zero-order chi connectivity index (χ0) is 19.9. The number of pyridine rings is 1. The minimum Gasteiger partial charge on any atom is -0.386 e. The van der Waals surface area contributed by atoms with Crippen LogP contribution in [0.25, 0.3) is 10.1 Å². The summed E-state index contributed by atoms with van der Waals surface area (Å²) < 4.78 is 1.18. The minimum atomic E-state index is -0.587. The Morgan fingerprint density at radius 2 is 2.00 bits per heavy atom. The van der Waals surface area contributed by atoms with Crippen molar-refractivity contribution in [2.75, 3.05) is 32.1 Å². The van der Waals surface area contributed by atoms with Crippen LogP contribution in [0.5, 0.6) is 0 Å². The fourth-order valence-corrected chi connectivity index (χ4v) is 3.82. The standard InChI is InChI=1S/C21H27N5OS/c1-4-22-21(23-13-16-9-7-11-20(25-16)26(2)3)24-14-17(27)19-12-15-8-5-6-10-18(15)28-19/h5-12,17,27H,4,13-14H2,1-3H3,(H2,22,23,24). The molecular formula is C21H27N5OS. The van der Waals surface area contributed by atoms with Crippen molar-refractivity contribution in [2.45, 2.75) is 19.6 Å². The molecule has 0 fully saturated rings. The Bertz CT molecular complexity index is 904. The molecule has 3 rings (SSSR count). The molecule has 148 valence electrons. The predicted octanol–water partition coefficient (Wildman–Crippen LogP) is 3.15. The van der Waals surface area contributed by atoms with Gasteiger partial charge in [0.1, 0.15) is 11.9 Å². The third-order valence-corrected chi connectivity index (χ3v) is 5.45. The predicted molar refractivity (Wildman–Crippen MR) is 118 cm³/mol. The molecule has 0 amide bonds. The van der Waals surface area contributed by atoms with Gasteiger partial charge in [-0.3, -0.25) is 0 Å². The van der Waals surface area contributed by atoms with Gasteiger partial charge in [0.15, 0.2) is 5.96 Å². The Morgan fingerprint density at radius 1 is 1.18 bits per heavy atom. The van der Waals surface area contributed by atoms with E-state index in [9.17, 15) is 5.11 Å². The van der Waals surface area contributed by atoms with E-state index in [1.807, 2.05) is 62.3 Å². The first-order valence-electron chi connectivity index (χ1n) is 9.38. The molecule has 0 aliphatic rings. The van der Waals surface area contributed by atoms with E-state index in [0.29, 0.717) is 19.0 Å². The Kier molecular flexibility index (Phi) is 6.84. The van der Waals surface area contributed by atoms with Crippen LogP contribution in [0.4, 0.5) is 5.82 Å². The molecule has 1 unspecified atom stereocenters. The maximum Gasteiger partial charge on any atom is 0.191 e. The summed E-state index contributed by atoms with van der Waals surface area (Å²) in [4.78, 5) is 12.1. The number of rotatable bonds is 7. The topological polar surface area (TPSA) is 72.8 Å². The SMILES string of the molecule is CCNC(=NCc1cccc(N(C)C)n1)NCC(O)c1cc2ccccc2s1. The number of aliphatic hydroxyl groups excluding tert-OH is 1. The number of benzene rings is 1. The second kappa shape index (κ2) is 9.52. The highest BCUT2D eigenvalue weighted by Crippen LogP contribution is 2.29. The van der Waals surface area contributed by atoms with Gasteiger partial charge in [0, 0.05) is 36.8 Å². The number of aliphatic hydroxyl groups is 1. The molecule has 28 heavy (non-hydrogen) atoms. The largest absolute Gasteiger partial charge is 0.386 e. The lowest BCUT2D eigenvalue weighted by molar-refractivity contribution is 0.184. The van der Waals surface area contributed by atoms with Gasteiger partial charge in [0.2, 0.25) is 0 Å². The van der Waals surface area contributed by atoms with Gasteiger partial charge in [-0.1, -0.05) is 24.3 Å². The number of thiophene rings is 1. The molecule has 0 saturated carbocycles. The summed E-state index contributed by atoms with van der Waals surface area (Å²) in [6, 6.07) is 16.1. The molecule has 3 aromatic rings. The van der Waals surface area contributed by atoms with Crippen LogP contribution in [0.3, 0.4) is 0 Å². The molecule has 3 N–H and O–H groups in total. The first kappa shape index (κ1) is 20.1. The van der Waals surface area contributed by atoms with Gasteiger partial charge in [-0.2, -0.15) is 0 Å². The van der Waals surface area contributed by atoms with E-state index in [1.165, 1.54) is 4.70 Å². The molecule has 0 spiro atoms.